The van der Waals surface area contributed by atoms with Crippen molar-refractivity contribution in [1.82, 2.24) is 9.97 Å². The van der Waals surface area contributed by atoms with E-state index in [0.717, 1.165) is 6.26 Å². The molecule has 2 N–H and O–H groups in total. The summed E-state index contributed by atoms with van der Waals surface area (Å²) in [5, 5.41) is 0.0139. The van der Waals surface area contributed by atoms with E-state index in [1.807, 2.05) is 0 Å². The van der Waals surface area contributed by atoms with E-state index >= 15 is 0 Å². The zero-order valence-corrected chi connectivity index (χ0v) is 7.37. The van der Waals surface area contributed by atoms with Crippen LogP contribution >= 0.6 is 0 Å². The number of sulfone groups is 1. The Hall–Kier alpha value is -1.01. The lowest BCUT2D eigenvalue weighted by molar-refractivity contribution is 0.596. The molecule has 0 saturated carbocycles. The Morgan fingerprint density at radius 1 is 1.58 bits per heavy atom. The molecule has 6 heteroatoms. The van der Waals surface area contributed by atoms with Gasteiger partial charge in [0.1, 0.15) is 6.33 Å². The van der Waals surface area contributed by atoms with Crippen LogP contribution in [0, 0.1) is 0 Å². The van der Waals surface area contributed by atoms with Crippen molar-refractivity contribution in [3.63, 3.8) is 0 Å². The lowest BCUT2D eigenvalue weighted by atomic mass is 10.3. The minimum Gasteiger partial charge on any atom is -0.326 e. The number of hydrogen-bond donors (Lipinski definition) is 1. The average Bonchev–Trinajstić information content (AvgIpc) is 2.03. The third-order valence-corrected chi connectivity index (χ3v) is 2.39. The predicted octanol–water partition coefficient (Wildman–Crippen LogP) is -0.661. The molecule has 0 saturated heterocycles. The van der Waals surface area contributed by atoms with Crippen LogP contribution in [0.25, 0.3) is 0 Å². The van der Waals surface area contributed by atoms with Crippen molar-refractivity contribution in [2.45, 2.75) is 11.6 Å². The molecule has 5 nitrogen and oxygen atoms in total. The van der Waals surface area contributed by atoms with Crippen LogP contribution in [0.15, 0.2) is 17.6 Å². The van der Waals surface area contributed by atoms with Gasteiger partial charge in [0.2, 0.25) is 0 Å². The number of nitrogens with two attached hydrogens (primary N) is 1. The Bertz CT molecular complexity index is 374. The molecule has 0 aliphatic rings. The second-order valence-corrected chi connectivity index (χ2v) is 4.26. The fourth-order valence-electron chi connectivity index (χ4n) is 0.821. The first-order chi connectivity index (χ1) is 5.55. The zero-order valence-electron chi connectivity index (χ0n) is 6.56. The van der Waals surface area contributed by atoms with E-state index in [2.05, 4.69) is 9.97 Å². The molecule has 1 heterocycles. The summed E-state index contributed by atoms with van der Waals surface area (Å²) in [6, 6.07) is 0. The normalized spacial score (nSPS) is 11.5. The highest BCUT2D eigenvalue weighted by atomic mass is 32.2. The monoisotopic (exact) mass is 187 g/mol. The first kappa shape index (κ1) is 9.08. The Morgan fingerprint density at radius 2 is 2.25 bits per heavy atom. The highest BCUT2D eigenvalue weighted by Gasteiger charge is 2.13. The largest absolute Gasteiger partial charge is 0.326 e. The fraction of sp³-hybridized carbons (Fsp3) is 0.333. The molecule has 1 aromatic rings. The van der Waals surface area contributed by atoms with Crippen LogP contribution in [0.2, 0.25) is 0 Å². The highest BCUT2D eigenvalue weighted by Crippen LogP contribution is 2.08. The van der Waals surface area contributed by atoms with E-state index in [-0.39, 0.29) is 11.6 Å². The van der Waals surface area contributed by atoms with Crippen molar-refractivity contribution in [2.24, 2.45) is 5.73 Å². The SMILES string of the molecule is CS(=O)(=O)c1ncncc1CN. The van der Waals surface area contributed by atoms with Gasteiger partial charge < -0.3 is 5.73 Å². The molecule has 1 rings (SSSR count). The van der Waals surface area contributed by atoms with Crippen molar-refractivity contribution in [2.75, 3.05) is 6.26 Å². The van der Waals surface area contributed by atoms with Crippen LogP contribution in [0.3, 0.4) is 0 Å². The average molecular weight is 187 g/mol. The van der Waals surface area contributed by atoms with Gasteiger partial charge in [-0.2, -0.15) is 0 Å². The quantitative estimate of drug-likeness (QED) is 0.621. The summed E-state index contributed by atoms with van der Waals surface area (Å²) < 4.78 is 22.1. The number of aromatic nitrogens is 2. The summed E-state index contributed by atoms with van der Waals surface area (Å²) in [5.41, 5.74) is 5.75. The van der Waals surface area contributed by atoms with E-state index in [0.29, 0.717) is 5.56 Å². The highest BCUT2D eigenvalue weighted by molar-refractivity contribution is 7.90. The lowest BCUT2D eigenvalue weighted by Gasteiger charge is -2.01. The van der Waals surface area contributed by atoms with Crippen molar-refractivity contribution >= 4 is 9.84 Å². The fourth-order valence-corrected chi connectivity index (χ4v) is 1.67. The van der Waals surface area contributed by atoms with E-state index in [9.17, 15) is 8.42 Å². The Balaban J connectivity index is 3.33. The number of nitrogens with zero attached hydrogens (tertiary/aromatic N) is 2. The zero-order chi connectivity index (χ0) is 9.19. The van der Waals surface area contributed by atoms with Gasteiger partial charge in [0.15, 0.2) is 14.9 Å². The van der Waals surface area contributed by atoms with Crippen molar-refractivity contribution in [3.8, 4) is 0 Å². The first-order valence-corrected chi connectivity index (χ1v) is 5.14. The summed E-state index contributed by atoms with van der Waals surface area (Å²) in [4.78, 5) is 7.32. The van der Waals surface area contributed by atoms with E-state index in [4.69, 9.17) is 5.73 Å². The van der Waals surface area contributed by atoms with Crippen LogP contribution in [0.4, 0.5) is 0 Å². The Labute approximate surface area is 70.6 Å². The minimum atomic E-state index is -3.28. The molecule has 0 radical (unpaired) electrons. The van der Waals surface area contributed by atoms with Crippen molar-refractivity contribution in [3.05, 3.63) is 18.1 Å². The van der Waals surface area contributed by atoms with Crippen LogP contribution in [0.1, 0.15) is 5.56 Å². The van der Waals surface area contributed by atoms with Gasteiger partial charge in [-0.15, -0.1) is 0 Å². The van der Waals surface area contributed by atoms with E-state index in [1.54, 1.807) is 0 Å². The molecule has 66 valence electrons. The second-order valence-electron chi connectivity index (χ2n) is 2.33. The Morgan fingerprint density at radius 3 is 2.67 bits per heavy atom. The molecule has 0 aliphatic heterocycles. The number of hydrogen-bond acceptors (Lipinski definition) is 5. The van der Waals surface area contributed by atoms with Gasteiger partial charge in [-0.05, 0) is 0 Å². The lowest BCUT2D eigenvalue weighted by Crippen LogP contribution is -2.09. The molecule has 0 unspecified atom stereocenters. The maximum Gasteiger partial charge on any atom is 0.193 e. The molecule has 0 fully saturated rings. The summed E-state index contributed by atoms with van der Waals surface area (Å²) in [6.45, 7) is 0.128. The molecule has 0 aliphatic carbocycles. The molecule has 1 aromatic heterocycles. The second kappa shape index (κ2) is 3.16. The van der Waals surface area contributed by atoms with Crippen LogP contribution in [-0.2, 0) is 16.4 Å². The predicted molar refractivity (Wildman–Crippen MR) is 43.0 cm³/mol. The first-order valence-electron chi connectivity index (χ1n) is 3.24. The maximum absolute atomic E-state index is 11.1. The van der Waals surface area contributed by atoms with Gasteiger partial charge in [-0.25, -0.2) is 18.4 Å². The molecular weight excluding hydrogens is 178 g/mol. The van der Waals surface area contributed by atoms with Crippen molar-refractivity contribution < 1.29 is 8.42 Å². The maximum atomic E-state index is 11.1. The molecular formula is C6H9N3O2S. The topological polar surface area (TPSA) is 85.9 Å². The standard InChI is InChI=1S/C6H9N3O2S/c1-12(10,11)6-5(2-7)3-8-4-9-6/h3-4H,2,7H2,1H3. The van der Waals surface area contributed by atoms with Crippen molar-refractivity contribution in [1.29, 1.82) is 0 Å². The van der Waals surface area contributed by atoms with E-state index in [1.165, 1.54) is 12.5 Å². The molecule has 0 aromatic carbocycles. The van der Waals surface area contributed by atoms with E-state index < -0.39 is 9.84 Å². The molecule has 0 bridgehead atoms. The summed E-state index contributed by atoms with van der Waals surface area (Å²) in [5.74, 6) is 0. The van der Waals surface area contributed by atoms with Gasteiger partial charge in [-0.1, -0.05) is 0 Å². The van der Waals surface area contributed by atoms with Gasteiger partial charge in [0.05, 0.1) is 0 Å². The molecule has 0 spiro atoms. The molecule has 12 heavy (non-hydrogen) atoms. The summed E-state index contributed by atoms with van der Waals surface area (Å²) in [6.07, 6.45) is 3.69. The molecule has 0 atom stereocenters. The van der Waals surface area contributed by atoms with Crippen LogP contribution in [0.5, 0.6) is 0 Å². The molecule has 0 amide bonds. The van der Waals surface area contributed by atoms with Crippen LogP contribution in [-0.4, -0.2) is 24.6 Å². The Kier molecular flexibility index (Phi) is 2.39. The summed E-state index contributed by atoms with van der Waals surface area (Å²) >= 11 is 0. The van der Waals surface area contributed by atoms with Crippen LogP contribution < -0.4 is 5.73 Å². The minimum absolute atomic E-state index is 0.0139. The van der Waals surface area contributed by atoms with Gasteiger partial charge in [-0.3, -0.25) is 0 Å². The summed E-state index contributed by atoms with van der Waals surface area (Å²) in [7, 11) is -3.28. The van der Waals surface area contributed by atoms with Gasteiger partial charge in [0.25, 0.3) is 0 Å². The third kappa shape index (κ3) is 1.77. The smallest absolute Gasteiger partial charge is 0.193 e. The van der Waals surface area contributed by atoms with Gasteiger partial charge >= 0.3 is 0 Å². The number of rotatable bonds is 2. The van der Waals surface area contributed by atoms with Gasteiger partial charge in [0, 0.05) is 24.6 Å². The third-order valence-electron chi connectivity index (χ3n) is 1.32.